The first-order valence-corrected chi connectivity index (χ1v) is 8.16. The summed E-state index contributed by atoms with van der Waals surface area (Å²) in [5, 5.41) is 0. The average Bonchev–Trinajstić information content (AvgIpc) is 2.40. The Morgan fingerprint density at radius 1 is 0.952 bits per heavy atom. The molecule has 0 spiro atoms. The Morgan fingerprint density at radius 3 is 2.24 bits per heavy atom. The van der Waals surface area contributed by atoms with Gasteiger partial charge < -0.3 is 0 Å². The fraction of sp³-hybridized carbons (Fsp3) is 0.143. The predicted molar refractivity (Wildman–Crippen MR) is 84.0 cm³/mol. The topological polar surface area (TPSA) is 0 Å². The third-order valence-corrected chi connectivity index (χ3v) is 5.06. The second-order valence-electron chi connectivity index (χ2n) is 4.27. The largest absolute Gasteiger partial charge is 0.419 e. The molecule has 0 aromatic heterocycles. The lowest BCUT2D eigenvalue weighted by Crippen LogP contribution is -2.09. The molecule has 2 aromatic carbocycles. The van der Waals surface area contributed by atoms with Gasteiger partial charge in [-0.25, -0.2) is 4.39 Å². The minimum absolute atomic E-state index is 0.322. The monoisotopic (exact) mass is 488 g/mol. The minimum atomic E-state index is -4.72. The quantitative estimate of drug-likeness (QED) is 0.319. The first-order valence-electron chi connectivity index (χ1n) is 5.66. The number of hydrogen-bond donors (Lipinski definition) is 0. The molecular weight excluding hydrogens is 484 g/mol. The van der Waals surface area contributed by atoms with Gasteiger partial charge >= 0.3 is 6.18 Å². The third kappa shape index (κ3) is 3.87. The predicted octanol–water partition coefficient (Wildman–Crippen LogP) is 6.85. The van der Waals surface area contributed by atoms with Crippen molar-refractivity contribution in [2.24, 2.45) is 0 Å². The highest BCUT2D eigenvalue weighted by Gasteiger charge is 2.34. The van der Waals surface area contributed by atoms with Crippen molar-refractivity contribution in [3.05, 3.63) is 67.9 Å². The van der Waals surface area contributed by atoms with E-state index in [-0.39, 0.29) is 0 Å². The van der Waals surface area contributed by atoms with Crippen molar-refractivity contribution < 1.29 is 17.6 Å². The van der Waals surface area contributed by atoms with Gasteiger partial charge in [-0.05, 0) is 41.5 Å². The highest BCUT2D eigenvalue weighted by atomic mass is 79.9. The summed E-state index contributed by atoms with van der Waals surface area (Å²) in [6, 6.07) is 8.35. The molecule has 0 fully saturated rings. The fourth-order valence-electron chi connectivity index (χ4n) is 1.81. The Hall–Kier alpha value is -0.400. The van der Waals surface area contributed by atoms with Crippen LogP contribution in [0.1, 0.15) is 21.5 Å². The number of benzene rings is 2. The first-order chi connectivity index (χ1) is 9.70. The summed E-state index contributed by atoms with van der Waals surface area (Å²) in [4.78, 5) is -0.494. The van der Waals surface area contributed by atoms with Gasteiger partial charge in [-0.15, -0.1) is 0 Å². The van der Waals surface area contributed by atoms with Crippen molar-refractivity contribution in [1.29, 1.82) is 0 Å². The smallest absolute Gasteiger partial charge is 0.206 e. The van der Waals surface area contributed by atoms with Crippen LogP contribution >= 0.6 is 47.8 Å². The molecule has 0 bridgehead atoms. The van der Waals surface area contributed by atoms with Crippen LogP contribution in [0.3, 0.4) is 0 Å². The van der Waals surface area contributed by atoms with Crippen molar-refractivity contribution in [3.8, 4) is 0 Å². The molecule has 0 radical (unpaired) electrons. The van der Waals surface area contributed by atoms with Crippen LogP contribution in [0.5, 0.6) is 0 Å². The van der Waals surface area contributed by atoms with E-state index in [0.717, 1.165) is 26.6 Å². The van der Waals surface area contributed by atoms with E-state index in [9.17, 15) is 17.6 Å². The molecule has 0 heterocycles. The Labute approximate surface area is 143 Å². The summed E-state index contributed by atoms with van der Waals surface area (Å²) in [6.07, 6.45) is -4.72. The highest BCUT2D eigenvalue weighted by molar-refractivity contribution is 9.11. The van der Waals surface area contributed by atoms with Crippen LogP contribution in [-0.4, -0.2) is 0 Å². The van der Waals surface area contributed by atoms with E-state index in [1.54, 1.807) is 18.2 Å². The van der Waals surface area contributed by atoms with Gasteiger partial charge in [-0.3, -0.25) is 0 Å². The zero-order valence-electron chi connectivity index (χ0n) is 10.2. The van der Waals surface area contributed by atoms with Crippen molar-refractivity contribution in [2.75, 3.05) is 0 Å². The molecule has 0 aliphatic carbocycles. The standard InChI is InChI=1S/C14H7Br3F4/c15-8-2-3-11(16)9(6-8)13(17)7-1-4-12(18)10(5-7)14(19,20)21/h1-6,13H. The SMILES string of the molecule is Fc1ccc(C(Br)c2cc(Br)ccc2Br)cc1C(F)(F)F. The zero-order chi connectivity index (χ0) is 15.8. The summed E-state index contributed by atoms with van der Waals surface area (Å²) >= 11 is 10.0. The van der Waals surface area contributed by atoms with E-state index >= 15 is 0 Å². The van der Waals surface area contributed by atoms with Gasteiger partial charge in [0.25, 0.3) is 0 Å². The van der Waals surface area contributed by atoms with Crippen LogP contribution in [0, 0.1) is 5.82 Å². The maximum Gasteiger partial charge on any atom is 0.419 e. The molecule has 7 heteroatoms. The summed E-state index contributed by atoms with van der Waals surface area (Å²) < 4.78 is 53.2. The van der Waals surface area contributed by atoms with Gasteiger partial charge in [-0.2, -0.15) is 13.2 Å². The molecule has 0 amide bonds. The van der Waals surface area contributed by atoms with Gasteiger partial charge in [0, 0.05) is 8.95 Å². The first kappa shape index (κ1) is 17.0. The van der Waals surface area contributed by atoms with E-state index < -0.39 is 22.4 Å². The van der Waals surface area contributed by atoms with Gasteiger partial charge in [0.05, 0.1) is 10.4 Å². The van der Waals surface area contributed by atoms with Gasteiger partial charge in [0.2, 0.25) is 0 Å². The molecule has 0 nitrogen and oxygen atoms in total. The normalized spacial score (nSPS) is 13.3. The summed E-state index contributed by atoms with van der Waals surface area (Å²) in [5.74, 6) is -1.28. The van der Waals surface area contributed by atoms with Crippen molar-refractivity contribution in [1.82, 2.24) is 0 Å². The fourth-order valence-corrected chi connectivity index (χ4v) is 3.63. The second kappa shape index (κ2) is 6.38. The Morgan fingerprint density at radius 2 is 1.62 bits per heavy atom. The van der Waals surface area contributed by atoms with Gasteiger partial charge in [0.15, 0.2) is 0 Å². The molecule has 0 saturated heterocycles. The lowest BCUT2D eigenvalue weighted by atomic mass is 10.0. The maximum atomic E-state index is 13.3. The van der Waals surface area contributed by atoms with Crippen LogP contribution in [0.25, 0.3) is 0 Å². The lowest BCUT2D eigenvalue weighted by molar-refractivity contribution is -0.140. The number of halogens is 7. The molecule has 0 aliphatic heterocycles. The maximum absolute atomic E-state index is 13.3. The summed E-state index contributed by atoms with van der Waals surface area (Å²) in [5.41, 5.74) is -0.206. The Balaban J connectivity index is 2.49. The van der Waals surface area contributed by atoms with Crippen LogP contribution in [0.4, 0.5) is 17.6 Å². The number of alkyl halides is 4. The van der Waals surface area contributed by atoms with Gasteiger partial charge in [0.1, 0.15) is 5.82 Å². The Kier molecular flexibility index (Phi) is 5.15. The van der Waals surface area contributed by atoms with Crippen LogP contribution in [0.15, 0.2) is 45.3 Å². The molecule has 21 heavy (non-hydrogen) atoms. The summed E-state index contributed by atoms with van der Waals surface area (Å²) in [6.45, 7) is 0. The summed E-state index contributed by atoms with van der Waals surface area (Å²) in [7, 11) is 0. The van der Waals surface area contributed by atoms with Crippen LogP contribution in [0.2, 0.25) is 0 Å². The van der Waals surface area contributed by atoms with Crippen molar-refractivity contribution in [2.45, 2.75) is 11.0 Å². The van der Waals surface area contributed by atoms with Crippen molar-refractivity contribution >= 4 is 47.8 Å². The third-order valence-electron chi connectivity index (χ3n) is 2.82. The zero-order valence-corrected chi connectivity index (χ0v) is 14.9. The molecule has 0 aliphatic rings. The van der Waals surface area contributed by atoms with Crippen molar-refractivity contribution in [3.63, 3.8) is 0 Å². The van der Waals surface area contributed by atoms with E-state index in [1.165, 1.54) is 6.07 Å². The molecule has 1 atom stereocenters. The van der Waals surface area contributed by atoms with Gasteiger partial charge in [-0.1, -0.05) is 53.9 Å². The minimum Gasteiger partial charge on any atom is -0.206 e. The molecule has 112 valence electrons. The van der Waals surface area contributed by atoms with Crippen LogP contribution in [-0.2, 0) is 6.18 Å². The van der Waals surface area contributed by atoms with E-state index in [2.05, 4.69) is 47.8 Å². The molecule has 0 saturated carbocycles. The second-order valence-corrected chi connectivity index (χ2v) is 6.95. The number of rotatable bonds is 2. The van der Waals surface area contributed by atoms with Crippen LogP contribution < -0.4 is 0 Å². The molecule has 0 N–H and O–H groups in total. The molecule has 1 unspecified atom stereocenters. The van der Waals surface area contributed by atoms with E-state index in [1.807, 2.05) is 0 Å². The Bertz CT molecular complexity index is 668. The van der Waals surface area contributed by atoms with E-state index in [4.69, 9.17) is 0 Å². The molecular formula is C14H7Br3F4. The number of hydrogen-bond acceptors (Lipinski definition) is 0. The lowest BCUT2D eigenvalue weighted by Gasteiger charge is -2.16. The highest BCUT2D eigenvalue weighted by Crippen LogP contribution is 2.39. The van der Waals surface area contributed by atoms with E-state index in [0.29, 0.717) is 5.56 Å². The average molecular weight is 491 g/mol. The molecule has 2 rings (SSSR count). The molecule has 2 aromatic rings.